The van der Waals surface area contributed by atoms with E-state index in [-0.39, 0.29) is 11.5 Å². The summed E-state index contributed by atoms with van der Waals surface area (Å²) in [6.45, 7) is 4.43. The maximum atomic E-state index is 15.2. The molecule has 2 saturated heterocycles. The van der Waals surface area contributed by atoms with Crippen molar-refractivity contribution >= 4 is 17.2 Å². The van der Waals surface area contributed by atoms with Crippen LogP contribution in [0.15, 0.2) is 17.1 Å². The van der Waals surface area contributed by atoms with Gasteiger partial charge in [-0.15, -0.1) is 0 Å². The highest BCUT2D eigenvalue weighted by atomic mass is 19.1. The van der Waals surface area contributed by atoms with Gasteiger partial charge >= 0.3 is 5.97 Å². The van der Waals surface area contributed by atoms with Crippen LogP contribution in [-0.4, -0.2) is 41.2 Å². The monoisotopic (exact) mass is 385 g/mol. The van der Waals surface area contributed by atoms with Crippen LogP contribution in [0.4, 0.5) is 10.1 Å². The molecule has 7 heteroatoms. The van der Waals surface area contributed by atoms with Crippen LogP contribution in [0, 0.1) is 18.7 Å². The summed E-state index contributed by atoms with van der Waals surface area (Å²) in [6.07, 6.45) is 5.42. The van der Waals surface area contributed by atoms with Crippen LogP contribution < -0.4 is 15.8 Å². The van der Waals surface area contributed by atoms with E-state index < -0.39 is 17.3 Å². The van der Waals surface area contributed by atoms with E-state index in [0.29, 0.717) is 23.2 Å². The average Bonchev–Trinajstić information content (AvgIpc) is 3.41. The molecule has 1 aliphatic carbocycles. The lowest BCUT2D eigenvalue weighted by atomic mass is 9.94. The van der Waals surface area contributed by atoms with Crippen molar-refractivity contribution in [2.45, 2.75) is 44.6 Å². The molecule has 148 valence electrons. The maximum absolute atomic E-state index is 15.2. The molecule has 3 fully saturated rings. The lowest BCUT2D eigenvalue weighted by Gasteiger charge is -2.24. The number of halogens is 1. The number of carboxylic acids is 1. The lowest BCUT2D eigenvalue weighted by Crippen LogP contribution is -2.40. The minimum atomic E-state index is -1.27. The zero-order valence-corrected chi connectivity index (χ0v) is 15.9. The summed E-state index contributed by atoms with van der Waals surface area (Å²) in [6, 6.07) is 1.89. The fourth-order valence-electron chi connectivity index (χ4n) is 5.12. The molecule has 1 saturated carbocycles. The molecule has 4 heterocycles. The van der Waals surface area contributed by atoms with Crippen molar-refractivity contribution in [1.29, 1.82) is 0 Å². The summed E-state index contributed by atoms with van der Waals surface area (Å²) >= 11 is 0. The van der Waals surface area contributed by atoms with Crippen molar-refractivity contribution < 1.29 is 14.3 Å². The van der Waals surface area contributed by atoms with E-state index in [1.807, 2.05) is 6.92 Å². The molecule has 0 aromatic carbocycles. The minimum absolute atomic E-state index is 0.244. The Morgan fingerprint density at radius 2 is 2.07 bits per heavy atom. The predicted molar refractivity (Wildman–Crippen MR) is 104 cm³/mol. The van der Waals surface area contributed by atoms with Crippen molar-refractivity contribution in [3.63, 3.8) is 0 Å². The Labute approximate surface area is 162 Å². The number of piperidine rings is 1. The second-order valence-corrected chi connectivity index (χ2v) is 8.44. The molecule has 0 spiro atoms. The summed E-state index contributed by atoms with van der Waals surface area (Å²) in [5.74, 6) is -0.968. The Morgan fingerprint density at radius 3 is 2.75 bits per heavy atom. The van der Waals surface area contributed by atoms with Crippen LogP contribution in [0.25, 0.3) is 5.52 Å². The second kappa shape index (κ2) is 6.30. The summed E-state index contributed by atoms with van der Waals surface area (Å²) in [5, 5.41) is 13.0. The first kappa shape index (κ1) is 17.7. The largest absolute Gasteiger partial charge is 0.477 e. The molecule has 2 aromatic heterocycles. The average molecular weight is 385 g/mol. The van der Waals surface area contributed by atoms with E-state index in [1.54, 1.807) is 0 Å². The van der Waals surface area contributed by atoms with Crippen LogP contribution in [0.2, 0.25) is 0 Å². The van der Waals surface area contributed by atoms with Gasteiger partial charge in [-0.3, -0.25) is 9.20 Å². The number of nitrogens with zero attached hydrogens (tertiary/aromatic N) is 2. The van der Waals surface area contributed by atoms with Gasteiger partial charge in [0.25, 0.3) is 5.56 Å². The normalized spacial score (nSPS) is 24.6. The summed E-state index contributed by atoms with van der Waals surface area (Å²) < 4.78 is 16.4. The number of rotatable bonds is 3. The fourth-order valence-corrected chi connectivity index (χ4v) is 5.12. The molecule has 5 rings (SSSR count). The molecular formula is C21H24FN3O3. The molecule has 3 aliphatic rings. The number of hydrogen-bond acceptors (Lipinski definition) is 4. The molecule has 28 heavy (non-hydrogen) atoms. The number of aromatic nitrogens is 1. The molecule has 0 radical (unpaired) electrons. The van der Waals surface area contributed by atoms with Gasteiger partial charge < -0.3 is 15.3 Å². The van der Waals surface area contributed by atoms with Gasteiger partial charge in [0.15, 0.2) is 5.82 Å². The Morgan fingerprint density at radius 1 is 1.29 bits per heavy atom. The zero-order valence-electron chi connectivity index (χ0n) is 15.9. The van der Waals surface area contributed by atoms with Crippen LogP contribution in [0.1, 0.15) is 53.1 Å². The number of aryl methyl sites for hydroxylation is 1. The highest BCUT2D eigenvalue weighted by molar-refractivity contribution is 5.89. The molecule has 2 atom stereocenters. The van der Waals surface area contributed by atoms with E-state index in [9.17, 15) is 14.7 Å². The number of fused-ring (bicyclic) bond motifs is 2. The third-order valence-electron chi connectivity index (χ3n) is 6.61. The number of hydrogen-bond donors (Lipinski definition) is 2. The molecule has 2 N–H and O–H groups in total. The van der Waals surface area contributed by atoms with Crippen LogP contribution >= 0.6 is 0 Å². The van der Waals surface area contributed by atoms with Gasteiger partial charge in [0.1, 0.15) is 5.56 Å². The third-order valence-corrected chi connectivity index (χ3v) is 6.61. The quantitative estimate of drug-likeness (QED) is 0.849. The van der Waals surface area contributed by atoms with Crippen molar-refractivity contribution in [2.75, 3.05) is 24.5 Å². The summed E-state index contributed by atoms with van der Waals surface area (Å²) in [7, 11) is 0. The lowest BCUT2D eigenvalue weighted by molar-refractivity contribution is 0.0694. The van der Waals surface area contributed by atoms with Gasteiger partial charge in [0.2, 0.25) is 0 Å². The fraction of sp³-hybridized carbons (Fsp3) is 0.524. The van der Waals surface area contributed by atoms with Crippen LogP contribution in [-0.2, 0) is 0 Å². The predicted octanol–water partition coefficient (Wildman–Crippen LogP) is 2.51. The third kappa shape index (κ3) is 2.64. The van der Waals surface area contributed by atoms with E-state index in [1.165, 1.54) is 16.7 Å². The topological polar surface area (TPSA) is 74.0 Å². The highest BCUT2D eigenvalue weighted by Crippen LogP contribution is 2.44. The number of nitrogens with one attached hydrogen (secondary N) is 1. The SMILES string of the molecule is Cc1c(N2C[C@H]3CCCN[C@H]3C2)c(F)cn2c(=O)c(C(=O)O)cc(C3CC3)c12. The molecule has 2 aliphatic heterocycles. The summed E-state index contributed by atoms with van der Waals surface area (Å²) in [5.41, 5.74) is 1.86. The number of pyridine rings is 2. The Bertz CT molecular complexity index is 1030. The van der Waals surface area contributed by atoms with Gasteiger partial charge in [0, 0.05) is 19.1 Å². The smallest absolute Gasteiger partial charge is 0.341 e. The van der Waals surface area contributed by atoms with Crippen molar-refractivity contribution in [3.05, 3.63) is 45.1 Å². The number of carbonyl (C=O) groups is 1. The van der Waals surface area contributed by atoms with Crippen molar-refractivity contribution in [3.8, 4) is 0 Å². The molecular weight excluding hydrogens is 361 g/mol. The first-order chi connectivity index (χ1) is 13.5. The number of anilines is 1. The minimum Gasteiger partial charge on any atom is -0.477 e. The molecule has 6 nitrogen and oxygen atoms in total. The Balaban J connectivity index is 1.70. The molecule has 0 amide bonds. The van der Waals surface area contributed by atoms with Crippen LogP contribution in [0.5, 0.6) is 0 Å². The second-order valence-electron chi connectivity index (χ2n) is 8.44. The standard InChI is InChI=1S/C21H24FN3O3/c1-11-18-14(12-4-5-12)7-15(21(27)28)20(26)25(18)9-16(22)19(11)24-8-13-3-2-6-23-17(13)10-24/h7,9,12-13,17,23H,2-6,8,10H2,1H3,(H,27,28)/t13-,17+/m1/s1. The Kier molecular flexibility index (Phi) is 3.98. The number of aromatic carboxylic acids is 1. The number of carboxylic acid groups (broad SMARTS) is 1. The van der Waals surface area contributed by atoms with E-state index in [0.717, 1.165) is 56.4 Å². The van der Waals surface area contributed by atoms with Gasteiger partial charge in [0.05, 0.1) is 17.4 Å². The van der Waals surface area contributed by atoms with E-state index in [4.69, 9.17) is 0 Å². The summed E-state index contributed by atoms with van der Waals surface area (Å²) in [4.78, 5) is 26.3. The first-order valence-electron chi connectivity index (χ1n) is 10.1. The van der Waals surface area contributed by atoms with Crippen molar-refractivity contribution in [2.24, 2.45) is 5.92 Å². The van der Waals surface area contributed by atoms with Gasteiger partial charge in [-0.25, -0.2) is 9.18 Å². The Hall–Kier alpha value is -2.41. The first-order valence-corrected chi connectivity index (χ1v) is 10.1. The molecule has 2 aromatic rings. The zero-order chi connectivity index (χ0) is 19.6. The molecule has 0 bridgehead atoms. The maximum Gasteiger partial charge on any atom is 0.341 e. The van der Waals surface area contributed by atoms with Gasteiger partial charge in [-0.2, -0.15) is 0 Å². The van der Waals surface area contributed by atoms with Gasteiger partial charge in [-0.05, 0) is 68.2 Å². The molecule has 0 unspecified atom stereocenters. The van der Waals surface area contributed by atoms with Gasteiger partial charge in [-0.1, -0.05) is 0 Å². The van der Waals surface area contributed by atoms with E-state index in [2.05, 4.69) is 10.2 Å². The van der Waals surface area contributed by atoms with E-state index >= 15 is 4.39 Å². The highest BCUT2D eigenvalue weighted by Gasteiger charge is 2.37. The van der Waals surface area contributed by atoms with Crippen LogP contribution in [0.3, 0.4) is 0 Å². The van der Waals surface area contributed by atoms with Crippen molar-refractivity contribution in [1.82, 2.24) is 9.72 Å².